The molecule has 0 aliphatic carbocycles. The maximum atomic E-state index is 10.1. The van der Waals surface area contributed by atoms with Crippen LogP contribution in [0.15, 0.2) is 42.2 Å². The van der Waals surface area contributed by atoms with Gasteiger partial charge in [-0.2, -0.15) is 0 Å². The smallest absolute Gasteiger partial charge is 0.146 e. The van der Waals surface area contributed by atoms with Crippen LogP contribution < -0.4 is 0 Å². The molecule has 0 saturated heterocycles. The van der Waals surface area contributed by atoms with Gasteiger partial charge in [0.25, 0.3) is 0 Å². The first kappa shape index (κ1) is 27.1. The monoisotopic (exact) mass is 806 g/mol. The molecule has 2 N–H and O–H groups in total. The zero-order valence-corrected chi connectivity index (χ0v) is 32.1. The summed E-state index contributed by atoms with van der Waals surface area (Å²) < 4.78 is 2.76. The number of rotatable bonds is 2. The van der Waals surface area contributed by atoms with Crippen LogP contribution in [0.1, 0.15) is 25.0 Å². The third-order valence-corrected chi connectivity index (χ3v) is 7.65. The van der Waals surface area contributed by atoms with Crippen LogP contribution in [0, 0.1) is 0 Å². The molecule has 2 rings (SSSR count). The Morgan fingerprint density at radius 2 is 1.13 bits per heavy atom. The molecule has 23 heavy (non-hydrogen) atoms. The fourth-order valence-electron chi connectivity index (χ4n) is 2.19. The van der Waals surface area contributed by atoms with E-state index in [9.17, 15) is 10.2 Å². The van der Waals surface area contributed by atoms with Gasteiger partial charge in [-0.15, -0.1) is 0 Å². The Kier molecular flexibility index (Phi) is 13.3. The standard InChI is InChI=1S/C15H12Br4O2.2Cs/c1-15(2,7-3-5-8(20)6-4-7)9-10(16)12(18)14(21)13(19)11(9)17;;/h3-6,20-21H,1-2H3;;. The number of halogens is 4. The van der Waals surface area contributed by atoms with Crippen LogP contribution in [-0.4, -0.2) is 148 Å². The Labute approximate surface area is 287 Å². The van der Waals surface area contributed by atoms with Crippen molar-refractivity contribution >= 4 is 202 Å². The summed E-state index contributed by atoms with van der Waals surface area (Å²) in [6, 6.07) is 7.12. The summed E-state index contributed by atoms with van der Waals surface area (Å²) in [6.07, 6.45) is 0. The molecule has 0 spiro atoms. The molecular formula is C15H12Br4Cs2O2. The summed E-state index contributed by atoms with van der Waals surface area (Å²) >= 11 is 13.9. The summed E-state index contributed by atoms with van der Waals surface area (Å²) in [4.78, 5) is 0. The van der Waals surface area contributed by atoms with Gasteiger partial charge in [0.1, 0.15) is 11.5 Å². The average molecular weight is 810 g/mol. The second-order valence-electron chi connectivity index (χ2n) is 5.15. The van der Waals surface area contributed by atoms with E-state index in [4.69, 9.17) is 0 Å². The van der Waals surface area contributed by atoms with Crippen molar-refractivity contribution in [3.05, 3.63) is 53.3 Å². The SMILES string of the molecule is CC(C)(c1ccc(O)cc1)c1c(Br)c(Br)c(O)c(Br)c1Br.[Cs].[Cs]. The zero-order chi connectivity index (χ0) is 15.9. The molecule has 114 valence electrons. The molecular weight excluding hydrogens is 798 g/mol. The first-order chi connectivity index (χ1) is 9.67. The molecule has 0 unspecified atom stereocenters. The minimum Gasteiger partial charge on any atom is -0.508 e. The normalized spacial score (nSPS) is 10.7. The van der Waals surface area contributed by atoms with Crippen LogP contribution in [0.4, 0.5) is 0 Å². The summed E-state index contributed by atoms with van der Waals surface area (Å²) in [6.45, 7) is 4.17. The van der Waals surface area contributed by atoms with E-state index >= 15 is 0 Å². The van der Waals surface area contributed by atoms with Gasteiger partial charge in [-0.05, 0) is 87.0 Å². The molecule has 0 amide bonds. The molecule has 0 aliphatic rings. The Bertz CT molecular complexity index is 675. The summed E-state index contributed by atoms with van der Waals surface area (Å²) in [5.74, 6) is 0.375. The molecule has 0 aromatic heterocycles. The summed E-state index contributed by atoms with van der Waals surface area (Å²) in [7, 11) is 0. The third kappa shape index (κ3) is 6.02. The number of benzene rings is 2. The van der Waals surface area contributed by atoms with Crippen LogP contribution >= 0.6 is 63.7 Å². The van der Waals surface area contributed by atoms with Gasteiger partial charge in [-0.25, -0.2) is 0 Å². The number of phenols is 2. The first-order valence-corrected chi connectivity index (χ1v) is 9.20. The van der Waals surface area contributed by atoms with Crippen molar-refractivity contribution in [3.8, 4) is 11.5 Å². The molecule has 2 aromatic rings. The van der Waals surface area contributed by atoms with E-state index in [2.05, 4.69) is 77.6 Å². The molecule has 0 bridgehead atoms. The van der Waals surface area contributed by atoms with Gasteiger partial charge in [0.05, 0.1) is 8.95 Å². The van der Waals surface area contributed by atoms with E-state index in [0.29, 0.717) is 8.95 Å². The molecule has 2 nitrogen and oxygen atoms in total. The Morgan fingerprint density at radius 1 is 0.739 bits per heavy atom. The predicted molar refractivity (Wildman–Crippen MR) is 111 cm³/mol. The fourth-order valence-corrected chi connectivity index (χ4v) is 5.28. The molecule has 0 heterocycles. The average Bonchev–Trinajstić information content (AvgIpc) is 2.43. The van der Waals surface area contributed by atoms with Gasteiger partial charge in [0, 0.05) is 152 Å². The second-order valence-corrected chi connectivity index (χ2v) is 8.32. The molecule has 2 aromatic carbocycles. The van der Waals surface area contributed by atoms with E-state index in [1.807, 2.05) is 12.1 Å². The van der Waals surface area contributed by atoms with Crippen LogP contribution in [0.3, 0.4) is 0 Å². The van der Waals surface area contributed by atoms with Gasteiger partial charge < -0.3 is 10.2 Å². The Hall–Kier alpha value is 4.06. The van der Waals surface area contributed by atoms with Crippen LogP contribution in [0.5, 0.6) is 11.5 Å². The number of phenolic OH excluding ortho intramolecular Hbond substituents is 2. The topological polar surface area (TPSA) is 40.5 Å². The first-order valence-electron chi connectivity index (χ1n) is 6.02. The van der Waals surface area contributed by atoms with E-state index in [1.165, 1.54) is 0 Å². The molecule has 0 saturated carbocycles. The van der Waals surface area contributed by atoms with Crippen molar-refractivity contribution in [2.75, 3.05) is 0 Å². The van der Waals surface area contributed by atoms with E-state index in [0.717, 1.165) is 20.1 Å². The summed E-state index contributed by atoms with van der Waals surface area (Å²) in [5.41, 5.74) is 1.69. The Morgan fingerprint density at radius 3 is 1.52 bits per heavy atom. The predicted octanol–water partition coefficient (Wildman–Crippen LogP) is 5.71. The maximum Gasteiger partial charge on any atom is 0.146 e. The number of hydrogen-bond donors (Lipinski definition) is 2. The van der Waals surface area contributed by atoms with E-state index in [1.54, 1.807) is 12.1 Å². The van der Waals surface area contributed by atoms with Crippen LogP contribution in [0.2, 0.25) is 0 Å². The minimum absolute atomic E-state index is 0. The van der Waals surface area contributed by atoms with Crippen molar-refractivity contribution in [2.24, 2.45) is 0 Å². The summed E-state index contributed by atoms with van der Waals surface area (Å²) in [5, 5.41) is 19.5. The Balaban J connectivity index is 0.00000242. The zero-order valence-electron chi connectivity index (χ0n) is 13.2. The van der Waals surface area contributed by atoms with Crippen molar-refractivity contribution in [2.45, 2.75) is 19.3 Å². The maximum absolute atomic E-state index is 10.1. The quantitative estimate of drug-likeness (QED) is 0.382. The van der Waals surface area contributed by atoms with Crippen molar-refractivity contribution in [3.63, 3.8) is 0 Å². The van der Waals surface area contributed by atoms with Crippen LogP contribution in [0.25, 0.3) is 0 Å². The van der Waals surface area contributed by atoms with E-state index in [-0.39, 0.29) is 155 Å². The van der Waals surface area contributed by atoms with Gasteiger partial charge >= 0.3 is 0 Å². The fraction of sp³-hybridized carbons (Fsp3) is 0.200. The van der Waals surface area contributed by atoms with Crippen molar-refractivity contribution < 1.29 is 10.2 Å². The largest absolute Gasteiger partial charge is 0.508 e. The van der Waals surface area contributed by atoms with Crippen LogP contribution in [-0.2, 0) is 5.41 Å². The number of aromatic hydroxyl groups is 2. The van der Waals surface area contributed by atoms with Gasteiger partial charge in [-0.1, -0.05) is 26.0 Å². The molecule has 2 radical (unpaired) electrons. The van der Waals surface area contributed by atoms with Crippen molar-refractivity contribution in [1.82, 2.24) is 0 Å². The molecule has 0 aliphatic heterocycles. The number of hydrogen-bond acceptors (Lipinski definition) is 2. The van der Waals surface area contributed by atoms with Crippen molar-refractivity contribution in [1.29, 1.82) is 0 Å². The second kappa shape index (κ2) is 11.3. The van der Waals surface area contributed by atoms with Gasteiger partial charge in [0.2, 0.25) is 0 Å². The van der Waals surface area contributed by atoms with Gasteiger partial charge in [-0.3, -0.25) is 0 Å². The van der Waals surface area contributed by atoms with E-state index < -0.39 is 0 Å². The molecule has 8 heteroatoms. The third-order valence-electron chi connectivity index (χ3n) is 3.45. The molecule has 0 atom stereocenters. The van der Waals surface area contributed by atoms with Gasteiger partial charge in [0.15, 0.2) is 0 Å². The minimum atomic E-state index is -0.343. The molecule has 0 fully saturated rings.